The summed E-state index contributed by atoms with van der Waals surface area (Å²) in [6.07, 6.45) is 0. The maximum Gasteiger partial charge on any atom is 3.00 e. The number of hydrogen-bond acceptors (Lipinski definition) is 4. The van der Waals surface area contributed by atoms with Crippen molar-refractivity contribution in [3.05, 3.63) is 0 Å². The van der Waals surface area contributed by atoms with Crippen molar-refractivity contribution in [2.75, 3.05) is 0 Å². The first-order valence-corrected chi connectivity index (χ1v) is 0. The van der Waals surface area contributed by atoms with E-state index >= 15 is 0 Å². The molecule has 0 saturated heterocycles. The first-order valence-electron chi connectivity index (χ1n) is 0. The molecule has 0 aromatic carbocycles. The molecular formula is H4BaNdO4Ti+. The Kier molecular flexibility index (Phi) is 627. The van der Waals surface area contributed by atoms with Gasteiger partial charge in [0.1, 0.15) is 0 Å². The quantitative estimate of drug-likeness (QED) is 0.482. The summed E-state index contributed by atoms with van der Waals surface area (Å²) in [6.45, 7) is 0. The third kappa shape index (κ3) is 43.8. The van der Waals surface area contributed by atoms with E-state index < -0.39 is 0 Å². The van der Waals surface area contributed by atoms with E-state index in [9.17, 15) is 0 Å². The molecule has 7 heteroatoms. The summed E-state index contributed by atoms with van der Waals surface area (Å²) in [7, 11) is 0. The number of rotatable bonds is 0. The van der Waals surface area contributed by atoms with Crippen LogP contribution < -0.4 is 0 Å². The van der Waals surface area contributed by atoms with E-state index in [1.54, 1.807) is 0 Å². The van der Waals surface area contributed by atoms with Crippen LogP contribution in [0, 0.1) is 40.8 Å². The molecule has 0 fully saturated rings. The van der Waals surface area contributed by atoms with Gasteiger partial charge in [-0.15, -0.1) is 0 Å². The smallest absolute Gasteiger partial charge is 0.870 e. The molecule has 0 aromatic heterocycles. The molecule has 7 heavy (non-hydrogen) atoms. The Hall–Kier alpha value is 3.48. The second-order valence-corrected chi connectivity index (χ2v) is 0. The van der Waals surface area contributed by atoms with Crippen LogP contribution in [0.3, 0.4) is 0 Å². The maximum absolute atomic E-state index is 0. The van der Waals surface area contributed by atoms with Gasteiger partial charge in [0.05, 0.1) is 0 Å². The van der Waals surface area contributed by atoms with Crippen LogP contribution in [0.25, 0.3) is 0 Å². The number of hydrogen-bond donors (Lipinski definition) is 0. The Bertz CT molecular complexity index is 11.7. The fraction of sp³-hybridized carbons (Fsp3) is 0. The van der Waals surface area contributed by atoms with Crippen LogP contribution in [0.5, 0.6) is 0 Å². The minimum absolute atomic E-state index is 0. The zero-order valence-electron chi connectivity index (χ0n) is 3.50. The van der Waals surface area contributed by atoms with Crippen molar-refractivity contribution in [1.82, 2.24) is 0 Å². The van der Waals surface area contributed by atoms with Gasteiger partial charge in [0.2, 0.25) is 0 Å². The third-order valence-electron chi connectivity index (χ3n) is 0. The molecule has 0 saturated carbocycles. The zero-order valence-corrected chi connectivity index (χ0v) is 12.7. The SMILES string of the molecule is [Ba+2].[Nd+3].[OH-].[OH-].[OH-].[OH-].[Ti]. The minimum atomic E-state index is 0. The van der Waals surface area contributed by atoms with E-state index in [1.165, 1.54) is 0 Å². The molecule has 4 nitrogen and oxygen atoms in total. The van der Waals surface area contributed by atoms with E-state index in [1.807, 2.05) is 0 Å². The predicted octanol–water partition coefficient (Wildman–Crippen LogP) is -1.09. The average molecular weight is 397 g/mol. The zero-order chi connectivity index (χ0) is 0. The fourth-order valence-electron chi connectivity index (χ4n) is 0. The molecule has 4 N–H and O–H groups in total. The molecular weight excluding hydrogens is 393 g/mol. The normalized spacial score (nSPS) is 0. The molecule has 0 amide bonds. The van der Waals surface area contributed by atoms with Gasteiger partial charge in [0, 0.05) is 21.7 Å². The molecule has 0 unspecified atom stereocenters. The van der Waals surface area contributed by atoms with E-state index in [0.29, 0.717) is 0 Å². The second-order valence-electron chi connectivity index (χ2n) is 0. The standard InChI is InChI=1S/Ba.Nd.4H2O.Ti/h;;4*1H2;/q+2;+3;;;;;/p-4. The molecule has 0 spiro atoms. The first kappa shape index (κ1) is 77.8. The van der Waals surface area contributed by atoms with Crippen molar-refractivity contribution in [2.24, 2.45) is 0 Å². The third-order valence-corrected chi connectivity index (χ3v) is 0. The van der Waals surface area contributed by atoms with Crippen molar-refractivity contribution in [3.8, 4) is 0 Å². The van der Waals surface area contributed by atoms with Gasteiger partial charge in [-0.05, 0) is 0 Å². The van der Waals surface area contributed by atoms with Gasteiger partial charge >= 0.3 is 89.7 Å². The van der Waals surface area contributed by atoms with E-state index in [0.717, 1.165) is 0 Å². The van der Waals surface area contributed by atoms with Gasteiger partial charge in [0.15, 0.2) is 0 Å². The van der Waals surface area contributed by atoms with Crippen LogP contribution in [-0.2, 0) is 21.7 Å². The molecule has 0 atom stereocenters. The van der Waals surface area contributed by atoms with Gasteiger partial charge in [0.25, 0.3) is 0 Å². The van der Waals surface area contributed by atoms with Crippen molar-refractivity contribution in [1.29, 1.82) is 0 Å². The van der Waals surface area contributed by atoms with Crippen molar-refractivity contribution in [3.63, 3.8) is 0 Å². The summed E-state index contributed by atoms with van der Waals surface area (Å²) in [5, 5.41) is 0. The van der Waals surface area contributed by atoms with Crippen molar-refractivity contribution < 1.29 is 84.5 Å². The van der Waals surface area contributed by atoms with Crippen LogP contribution in [0.1, 0.15) is 0 Å². The molecule has 1 radical (unpaired) electrons. The van der Waals surface area contributed by atoms with E-state index in [4.69, 9.17) is 0 Å². The summed E-state index contributed by atoms with van der Waals surface area (Å²) in [6, 6.07) is 0. The molecule has 37 valence electrons. The van der Waals surface area contributed by atoms with Crippen LogP contribution in [0.15, 0.2) is 0 Å². The molecule has 0 aromatic rings. The van der Waals surface area contributed by atoms with Gasteiger partial charge < -0.3 is 21.9 Å². The molecule has 0 rings (SSSR count). The summed E-state index contributed by atoms with van der Waals surface area (Å²) >= 11 is 0. The maximum atomic E-state index is 0. The van der Waals surface area contributed by atoms with E-state index in [-0.39, 0.29) is 133 Å². The predicted molar refractivity (Wildman–Crippen MR) is 13.5 cm³/mol. The summed E-state index contributed by atoms with van der Waals surface area (Å²) in [5.41, 5.74) is 0. The van der Waals surface area contributed by atoms with Gasteiger partial charge in [-0.3, -0.25) is 0 Å². The summed E-state index contributed by atoms with van der Waals surface area (Å²) < 4.78 is 0. The van der Waals surface area contributed by atoms with Crippen molar-refractivity contribution in [2.45, 2.75) is 0 Å². The van der Waals surface area contributed by atoms with Crippen LogP contribution in [0.4, 0.5) is 0 Å². The monoisotopic (exact) mass is 396 g/mol. The van der Waals surface area contributed by atoms with Crippen molar-refractivity contribution >= 4 is 48.9 Å². The molecule has 0 aliphatic heterocycles. The minimum Gasteiger partial charge on any atom is -0.870 e. The average Bonchev–Trinajstić information content (AvgIpc) is 0. The summed E-state index contributed by atoms with van der Waals surface area (Å²) in [5.74, 6) is 0. The Labute approximate surface area is 130 Å². The summed E-state index contributed by atoms with van der Waals surface area (Å²) in [4.78, 5) is 0. The van der Waals surface area contributed by atoms with Gasteiger partial charge in [-0.1, -0.05) is 0 Å². The molecule has 0 aliphatic carbocycles. The molecule has 0 aliphatic rings. The largest absolute Gasteiger partial charge is 3.00 e. The molecule has 0 bridgehead atoms. The van der Waals surface area contributed by atoms with E-state index in [2.05, 4.69) is 0 Å². The second kappa shape index (κ2) is 56.3. The topological polar surface area (TPSA) is 120 Å². The Morgan fingerprint density at radius 1 is 0.571 bits per heavy atom. The van der Waals surface area contributed by atoms with Gasteiger partial charge in [-0.25, -0.2) is 0 Å². The Balaban J connectivity index is 0. The fourth-order valence-corrected chi connectivity index (χ4v) is 0. The van der Waals surface area contributed by atoms with Crippen LogP contribution in [-0.4, -0.2) is 70.8 Å². The Morgan fingerprint density at radius 3 is 0.571 bits per heavy atom. The van der Waals surface area contributed by atoms with Crippen LogP contribution >= 0.6 is 0 Å². The Morgan fingerprint density at radius 2 is 0.571 bits per heavy atom. The molecule has 0 heterocycles. The first-order chi connectivity index (χ1) is 0. The van der Waals surface area contributed by atoms with Gasteiger partial charge in [-0.2, -0.15) is 0 Å². The van der Waals surface area contributed by atoms with Crippen LogP contribution in [0.2, 0.25) is 0 Å².